The van der Waals surface area contributed by atoms with Crippen LogP contribution in [0.1, 0.15) is 34.3 Å². The average Bonchev–Trinajstić information content (AvgIpc) is 3.03. The molecular formula is C21H23NO3. The molecule has 4 nitrogen and oxygen atoms in total. The monoisotopic (exact) mass is 337 g/mol. The van der Waals surface area contributed by atoms with Crippen LogP contribution in [0.2, 0.25) is 0 Å². The van der Waals surface area contributed by atoms with Gasteiger partial charge in [0.2, 0.25) is 0 Å². The summed E-state index contributed by atoms with van der Waals surface area (Å²) in [6, 6.07) is 14.0. The lowest BCUT2D eigenvalue weighted by atomic mass is 9.90. The lowest BCUT2D eigenvalue weighted by Gasteiger charge is -2.24. The Morgan fingerprint density at radius 2 is 1.96 bits per heavy atom. The lowest BCUT2D eigenvalue weighted by molar-refractivity contribution is 0.0968. The van der Waals surface area contributed by atoms with Crippen LogP contribution in [0.4, 0.5) is 5.69 Å². The van der Waals surface area contributed by atoms with Gasteiger partial charge >= 0.3 is 0 Å². The fourth-order valence-electron chi connectivity index (χ4n) is 3.87. The Balaban J connectivity index is 1.39. The van der Waals surface area contributed by atoms with Crippen LogP contribution in [-0.4, -0.2) is 36.7 Å². The minimum atomic E-state index is -0.568. The third-order valence-corrected chi connectivity index (χ3v) is 5.11. The number of ketones is 1. The van der Waals surface area contributed by atoms with Crippen molar-refractivity contribution in [2.45, 2.75) is 31.8 Å². The van der Waals surface area contributed by atoms with Crippen molar-refractivity contribution >= 4 is 11.5 Å². The molecule has 1 N–H and O–H groups in total. The molecule has 0 amide bonds. The van der Waals surface area contributed by atoms with Crippen molar-refractivity contribution in [2.24, 2.45) is 0 Å². The Labute approximate surface area is 148 Å². The topological polar surface area (TPSA) is 49.8 Å². The number of hydrogen-bond donors (Lipinski definition) is 1. The number of carbonyl (C=O) groups is 1. The third-order valence-electron chi connectivity index (χ3n) is 5.11. The molecular weight excluding hydrogens is 314 g/mol. The highest BCUT2D eigenvalue weighted by Gasteiger charge is 2.23. The molecule has 2 aromatic carbocycles. The Morgan fingerprint density at radius 1 is 1.08 bits per heavy atom. The Bertz CT molecular complexity index is 786. The van der Waals surface area contributed by atoms with E-state index in [0.29, 0.717) is 13.0 Å². The number of aliphatic hydroxyl groups is 1. The molecule has 0 spiro atoms. The van der Waals surface area contributed by atoms with E-state index in [-0.39, 0.29) is 12.4 Å². The maximum absolute atomic E-state index is 12.0. The summed E-state index contributed by atoms with van der Waals surface area (Å²) in [4.78, 5) is 14.2. The van der Waals surface area contributed by atoms with Crippen LogP contribution in [0.25, 0.3) is 0 Å². The van der Waals surface area contributed by atoms with E-state index in [1.54, 1.807) is 0 Å². The third kappa shape index (κ3) is 3.27. The number of Topliss-reactive ketones (excluding diaryl/α,β-unsaturated/α-hetero) is 1. The number of nitrogens with zero attached hydrogens (tertiary/aromatic N) is 1. The largest absolute Gasteiger partial charge is 0.491 e. The summed E-state index contributed by atoms with van der Waals surface area (Å²) in [6.07, 6.45) is 2.82. The van der Waals surface area contributed by atoms with Gasteiger partial charge in [-0.2, -0.15) is 0 Å². The summed E-state index contributed by atoms with van der Waals surface area (Å²) in [6.45, 7) is 1.74. The highest BCUT2D eigenvalue weighted by molar-refractivity contribution is 5.99. The zero-order chi connectivity index (χ0) is 17.2. The molecule has 0 aromatic heterocycles. The Morgan fingerprint density at radius 3 is 2.88 bits per heavy atom. The summed E-state index contributed by atoms with van der Waals surface area (Å²) in [5.74, 6) is 0.937. The summed E-state index contributed by atoms with van der Waals surface area (Å²) < 4.78 is 5.88. The van der Waals surface area contributed by atoms with Gasteiger partial charge < -0.3 is 14.7 Å². The van der Waals surface area contributed by atoms with E-state index in [0.717, 1.165) is 42.7 Å². The summed E-state index contributed by atoms with van der Waals surface area (Å²) in [5.41, 5.74) is 4.33. The zero-order valence-corrected chi connectivity index (χ0v) is 14.3. The molecule has 1 aliphatic carbocycles. The van der Waals surface area contributed by atoms with Crippen molar-refractivity contribution in [1.29, 1.82) is 0 Å². The molecule has 130 valence electrons. The molecule has 1 aliphatic heterocycles. The number of carbonyl (C=O) groups excluding carboxylic acids is 1. The number of para-hydroxylation sites is 1. The van der Waals surface area contributed by atoms with Crippen LogP contribution in [-0.2, 0) is 12.8 Å². The van der Waals surface area contributed by atoms with Gasteiger partial charge in [0.1, 0.15) is 18.5 Å². The smallest absolute Gasteiger partial charge is 0.163 e. The summed E-state index contributed by atoms with van der Waals surface area (Å²) >= 11 is 0. The van der Waals surface area contributed by atoms with E-state index in [1.165, 1.54) is 11.3 Å². The molecule has 0 radical (unpaired) electrons. The molecule has 4 heteroatoms. The second-order valence-electron chi connectivity index (χ2n) is 6.85. The minimum Gasteiger partial charge on any atom is -0.491 e. The normalized spacial score (nSPS) is 17.2. The number of benzene rings is 2. The molecule has 0 saturated carbocycles. The fourth-order valence-corrected chi connectivity index (χ4v) is 3.87. The number of rotatable bonds is 5. The van der Waals surface area contributed by atoms with Crippen molar-refractivity contribution in [3.05, 3.63) is 59.2 Å². The van der Waals surface area contributed by atoms with Crippen molar-refractivity contribution in [2.75, 3.05) is 24.6 Å². The van der Waals surface area contributed by atoms with E-state index in [2.05, 4.69) is 23.1 Å². The van der Waals surface area contributed by atoms with Crippen LogP contribution in [0.5, 0.6) is 5.75 Å². The van der Waals surface area contributed by atoms with E-state index in [9.17, 15) is 9.90 Å². The number of β-amino-alcohol motifs (C(OH)–C–C–N with tert-alkyl or cyclic N) is 1. The molecule has 0 bridgehead atoms. The Kier molecular flexibility index (Phi) is 4.45. The average molecular weight is 337 g/mol. The molecule has 2 aliphatic rings. The lowest BCUT2D eigenvalue weighted by Crippen LogP contribution is -2.34. The quantitative estimate of drug-likeness (QED) is 0.911. The SMILES string of the molecule is O=C1CCCc2c(OC[C@H](O)CN3CCc4ccccc43)cccc21. The number of hydrogen-bond acceptors (Lipinski definition) is 4. The van der Waals surface area contributed by atoms with Gasteiger partial charge in [-0.25, -0.2) is 0 Å². The predicted octanol–water partition coefficient (Wildman–Crippen LogP) is 3.01. The fraction of sp³-hybridized carbons (Fsp3) is 0.381. The summed E-state index contributed by atoms with van der Waals surface area (Å²) in [5, 5.41) is 10.4. The standard InChI is InChI=1S/C21H23NO3/c23-16(13-22-12-11-15-5-1-2-8-19(15)22)14-25-21-10-4-6-17-18(21)7-3-9-20(17)24/h1-2,4-6,8,10,16,23H,3,7,9,11-14H2/t16-/m1/s1. The molecule has 0 fully saturated rings. The molecule has 1 heterocycles. The molecule has 25 heavy (non-hydrogen) atoms. The summed E-state index contributed by atoms with van der Waals surface area (Å²) in [7, 11) is 0. The highest BCUT2D eigenvalue weighted by Crippen LogP contribution is 2.30. The van der Waals surface area contributed by atoms with Crippen LogP contribution >= 0.6 is 0 Å². The van der Waals surface area contributed by atoms with E-state index in [4.69, 9.17) is 4.74 Å². The van der Waals surface area contributed by atoms with Gasteiger partial charge in [0.15, 0.2) is 5.78 Å². The van der Waals surface area contributed by atoms with Crippen LogP contribution in [0.15, 0.2) is 42.5 Å². The number of fused-ring (bicyclic) bond motifs is 2. The van der Waals surface area contributed by atoms with E-state index in [1.807, 2.05) is 24.3 Å². The first-order chi connectivity index (χ1) is 12.2. The zero-order valence-electron chi connectivity index (χ0n) is 14.3. The molecule has 2 aromatic rings. The van der Waals surface area contributed by atoms with Crippen molar-refractivity contribution in [3.8, 4) is 5.75 Å². The Hall–Kier alpha value is -2.33. The van der Waals surface area contributed by atoms with Crippen LogP contribution in [0.3, 0.4) is 0 Å². The first-order valence-electron chi connectivity index (χ1n) is 9.01. The van der Waals surface area contributed by atoms with Crippen LogP contribution < -0.4 is 9.64 Å². The van der Waals surface area contributed by atoms with Gasteiger partial charge in [0, 0.05) is 36.3 Å². The molecule has 1 atom stereocenters. The minimum absolute atomic E-state index is 0.195. The maximum Gasteiger partial charge on any atom is 0.163 e. The van der Waals surface area contributed by atoms with Gasteiger partial charge in [-0.1, -0.05) is 30.3 Å². The first kappa shape index (κ1) is 16.2. The number of anilines is 1. The van der Waals surface area contributed by atoms with Gasteiger partial charge in [-0.3, -0.25) is 4.79 Å². The molecule has 0 saturated heterocycles. The highest BCUT2D eigenvalue weighted by atomic mass is 16.5. The molecule has 0 unspecified atom stereocenters. The predicted molar refractivity (Wildman–Crippen MR) is 97.6 cm³/mol. The number of ether oxygens (including phenoxy) is 1. The van der Waals surface area contributed by atoms with Gasteiger partial charge in [0.25, 0.3) is 0 Å². The second-order valence-corrected chi connectivity index (χ2v) is 6.85. The van der Waals surface area contributed by atoms with Gasteiger partial charge in [0.05, 0.1) is 0 Å². The van der Waals surface area contributed by atoms with E-state index < -0.39 is 6.10 Å². The van der Waals surface area contributed by atoms with Crippen molar-refractivity contribution < 1.29 is 14.6 Å². The van der Waals surface area contributed by atoms with Gasteiger partial charge in [-0.05, 0) is 37.0 Å². The second kappa shape index (κ2) is 6.89. The van der Waals surface area contributed by atoms with Crippen molar-refractivity contribution in [3.63, 3.8) is 0 Å². The van der Waals surface area contributed by atoms with Crippen LogP contribution in [0, 0.1) is 0 Å². The maximum atomic E-state index is 12.0. The van der Waals surface area contributed by atoms with Gasteiger partial charge in [-0.15, -0.1) is 0 Å². The first-order valence-corrected chi connectivity index (χ1v) is 9.01. The molecule has 4 rings (SSSR count). The van der Waals surface area contributed by atoms with E-state index >= 15 is 0 Å². The van der Waals surface area contributed by atoms with Crippen molar-refractivity contribution in [1.82, 2.24) is 0 Å². The number of aliphatic hydroxyl groups excluding tert-OH is 1.